The van der Waals surface area contributed by atoms with Crippen LogP contribution in [0.25, 0.3) is 0 Å². The third-order valence-corrected chi connectivity index (χ3v) is 5.86. The monoisotopic (exact) mass is 369 g/mol. The van der Waals surface area contributed by atoms with E-state index in [0.29, 0.717) is 24.2 Å². The molecule has 0 aromatic heterocycles. The van der Waals surface area contributed by atoms with Crippen molar-refractivity contribution in [2.75, 3.05) is 13.1 Å². The summed E-state index contributed by atoms with van der Waals surface area (Å²) in [5.41, 5.74) is 1.10. The van der Waals surface area contributed by atoms with Gasteiger partial charge in [-0.1, -0.05) is 37.5 Å². The van der Waals surface area contributed by atoms with Crippen molar-refractivity contribution in [3.8, 4) is 0 Å². The van der Waals surface area contributed by atoms with Gasteiger partial charge in [0.25, 0.3) is 5.91 Å². The van der Waals surface area contributed by atoms with Crippen molar-refractivity contribution in [2.24, 2.45) is 5.92 Å². The summed E-state index contributed by atoms with van der Waals surface area (Å²) >= 11 is 0. The van der Waals surface area contributed by atoms with Crippen LogP contribution in [0.2, 0.25) is 0 Å². The minimum absolute atomic E-state index is 0.0253. The molecule has 0 radical (unpaired) electrons. The first-order valence-corrected chi connectivity index (χ1v) is 10.1. The van der Waals surface area contributed by atoms with Gasteiger partial charge in [0.1, 0.15) is 6.04 Å². The normalized spacial score (nSPS) is 23.6. The van der Waals surface area contributed by atoms with Crippen LogP contribution in [0, 0.1) is 5.92 Å². The zero-order chi connectivity index (χ0) is 18.8. The maximum atomic E-state index is 13.3. The van der Waals surface area contributed by atoms with Crippen LogP contribution >= 0.6 is 0 Å². The van der Waals surface area contributed by atoms with E-state index >= 15 is 0 Å². The Morgan fingerprint density at radius 1 is 1.04 bits per heavy atom. The Labute approximate surface area is 159 Å². The standard InChI is InChI=1S/C21H27N3O3/c25-19-17-9-5-4-8-16(17)18(20(26)23-15-6-2-1-3-7-15)24(13-12-22-19)21(27)14-10-11-14/h4-5,8-9,14-15,18H,1-3,6-7,10-13H2,(H,22,25)(H,23,26). The van der Waals surface area contributed by atoms with Crippen LogP contribution in [0.5, 0.6) is 0 Å². The summed E-state index contributed by atoms with van der Waals surface area (Å²) in [6.07, 6.45) is 7.21. The van der Waals surface area contributed by atoms with Gasteiger partial charge in [0.15, 0.2) is 0 Å². The highest BCUT2D eigenvalue weighted by Crippen LogP contribution is 2.35. The molecule has 2 saturated carbocycles. The van der Waals surface area contributed by atoms with Crippen LogP contribution < -0.4 is 10.6 Å². The third-order valence-electron chi connectivity index (χ3n) is 5.86. The van der Waals surface area contributed by atoms with Crippen LogP contribution in [0.15, 0.2) is 24.3 Å². The lowest BCUT2D eigenvalue weighted by molar-refractivity contribution is -0.142. The van der Waals surface area contributed by atoms with Gasteiger partial charge < -0.3 is 15.5 Å². The number of carbonyl (C=O) groups excluding carboxylic acids is 3. The van der Waals surface area contributed by atoms with Gasteiger partial charge in [-0.3, -0.25) is 14.4 Å². The Hall–Kier alpha value is -2.37. The summed E-state index contributed by atoms with van der Waals surface area (Å²) in [6, 6.07) is 6.59. The van der Waals surface area contributed by atoms with Gasteiger partial charge in [0.05, 0.1) is 0 Å². The summed E-state index contributed by atoms with van der Waals surface area (Å²) in [4.78, 5) is 40.5. The van der Waals surface area contributed by atoms with E-state index in [-0.39, 0.29) is 29.7 Å². The van der Waals surface area contributed by atoms with Gasteiger partial charge in [0, 0.05) is 30.6 Å². The molecule has 144 valence electrons. The second kappa shape index (κ2) is 7.71. The van der Waals surface area contributed by atoms with E-state index < -0.39 is 6.04 Å². The molecule has 1 heterocycles. The van der Waals surface area contributed by atoms with Crippen LogP contribution in [0.3, 0.4) is 0 Å². The van der Waals surface area contributed by atoms with Crippen molar-refractivity contribution in [2.45, 2.75) is 57.0 Å². The molecule has 2 fully saturated rings. The van der Waals surface area contributed by atoms with Crippen LogP contribution in [0.4, 0.5) is 0 Å². The highest BCUT2D eigenvalue weighted by atomic mass is 16.2. The summed E-state index contributed by atoms with van der Waals surface area (Å²) in [5, 5.41) is 6.03. The van der Waals surface area contributed by atoms with Crippen molar-refractivity contribution < 1.29 is 14.4 Å². The molecule has 6 nitrogen and oxygen atoms in total. The fraction of sp³-hybridized carbons (Fsp3) is 0.571. The molecule has 1 unspecified atom stereocenters. The van der Waals surface area contributed by atoms with Gasteiger partial charge in [-0.25, -0.2) is 0 Å². The summed E-state index contributed by atoms with van der Waals surface area (Å²) < 4.78 is 0. The average Bonchev–Trinajstić information content (AvgIpc) is 3.51. The van der Waals surface area contributed by atoms with Crippen molar-refractivity contribution in [3.63, 3.8) is 0 Å². The molecule has 27 heavy (non-hydrogen) atoms. The van der Waals surface area contributed by atoms with Crippen molar-refractivity contribution >= 4 is 17.7 Å². The Morgan fingerprint density at radius 3 is 2.52 bits per heavy atom. The quantitative estimate of drug-likeness (QED) is 0.857. The molecule has 3 amide bonds. The molecule has 0 saturated heterocycles. The number of rotatable bonds is 3. The van der Waals surface area contributed by atoms with Crippen LogP contribution in [0.1, 0.15) is 66.9 Å². The molecule has 6 heteroatoms. The maximum absolute atomic E-state index is 13.3. The van der Waals surface area contributed by atoms with Crippen molar-refractivity contribution in [1.29, 1.82) is 0 Å². The zero-order valence-corrected chi connectivity index (χ0v) is 15.6. The smallest absolute Gasteiger partial charge is 0.251 e. The largest absolute Gasteiger partial charge is 0.351 e. The Kier molecular flexibility index (Phi) is 5.14. The first-order valence-electron chi connectivity index (χ1n) is 10.1. The predicted octanol–water partition coefficient (Wildman–Crippen LogP) is 2.16. The van der Waals surface area contributed by atoms with Crippen molar-refractivity contribution in [1.82, 2.24) is 15.5 Å². The minimum Gasteiger partial charge on any atom is -0.351 e. The van der Waals surface area contributed by atoms with Gasteiger partial charge in [-0.05, 0) is 37.3 Å². The number of nitrogens with one attached hydrogen (secondary N) is 2. The lowest BCUT2D eigenvalue weighted by Crippen LogP contribution is -2.51. The van der Waals surface area contributed by atoms with E-state index in [0.717, 1.165) is 38.5 Å². The Balaban J connectivity index is 1.68. The van der Waals surface area contributed by atoms with E-state index in [1.165, 1.54) is 6.42 Å². The number of benzene rings is 1. The van der Waals surface area contributed by atoms with E-state index in [1.54, 1.807) is 23.1 Å². The van der Waals surface area contributed by atoms with Gasteiger partial charge in [-0.15, -0.1) is 0 Å². The zero-order valence-electron chi connectivity index (χ0n) is 15.6. The first-order chi connectivity index (χ1) is 13.1. The van der Waals surface area contributed by atoms with Crippen molar-refractivity contribution in [3.05, 3.63) is 35.4 Å². The van der Waals surface area contributed by atoms with E-state index in [2.05, 4.69) is 10.6 Å². The Morgan fingerprint density at radius 2 is 1.78 bits per heavy atom. The van der Waals surface area contributed by atoms with Gasteiger partial charge in [0.2, 0.25) is 11.8 Å². The highest BCUT2D eigenvalue weighted by molar-refractivity contribution is 5.99. The lowest BCUT2D eigenvalue weighted by Gasteiger charge is -2.35. The second-order valence-electron chi connectivity index (χ2n) is 7.90. The van der Waals surface area contributed by atoms with Gasteiger partial charge >= 0.3 is 0 Å². The minimum atomic E-state index is -0.734. The topological polar surface area (TPSA) is 78.5 Å². The number of fused-ring (bicyclic) bond motifs is 1. The maximum Gasteiger partial charge on any atom is 0.251 e. The number of hydrogen-bond acceptors (Lipinski definition) is 3. The van der Waals surface area contributed by atoms with E-state index in [9.17, 15) is 14.4 Å². The SMILES string of the molecule is O=C1NCCN(C(=O)C2CC2)C(C(=O)NC2CCCCC2)c2ccccc21. The molecule has 1 aliphatic heterocycles. The van der Waals surface area contributed by atoms with Gasteiger partial charge in [-0.2, -0.15) is 0 Å². The van der Waals surface area contributed by atoms with Crippen LogP contribution in [-0.4, -0.2) is 41.8 Å². The highest BCUT2D eigenvalue weighted by Gasteiger charge is 2.41. The molecule has 1 aromatic rings. The summed E-state index contributed by atoms with van der Waals surface area (Å²) in [7, 11) is 0. The lowest BCUT2D eigenvalue weighted by atomic mass is 9.93. The molecule has 0 spiro atoms. The number of amides is 3. The molecule has 1 aromatic carbocycles. The molecule has 3 aliphatic rings. The molecular weight excluding hydrogens is 342 g/mol. The predicted molar refractivity (Wildman–Crippen MR) is 101 cm³/mol. The third kappa shape index (κ3) is 3.84. The number of nitrogens with zero attached hydrogens (tertiary/aromatic N) is 1. The molecule has 0 bridgehead atoms. The fourth-order valence-corrected chi connectivity index (χ4v) is 4.24. The molecule has 1 atom stereocenters. The Bertz CT molecular complexity index is 738. The second-order valence-corrected chi connectivity index (χ2v) is 7.90. The number of carbonyl (C=O) groups is 3. The fourth-order valence-electron chi connectivity index (χ4n) is 4.24. The first kappa shape index (κ1) is 18.0. The van der Waals surface area contributed by atoms with E-state index in [1.807, 2.05) is 6.07 Å². The molecule has 2 aliphatic carbocycles. The van der Waals surface area contributed by atoms with E-state index in [4.69, 9.17) is 0 Å². The summed E-state index contributed by atoms with van der Waals surface area (Å²) in [5.74, 6) is -0.278. The molecular formula is C21H27N3O3. The number of hydrogen-bond donors (Lipinski definition) is 2. The van der Waals surface area contributed by atoms with Crippen LogP contribution in [-0.2, 0) is 9.59 Å². The molecule has 4 rings (SSSR count). The molecule has 2 N–H and O–H groups in total. The summed E-state index contributed by atoms with van der Waals surface area (Å²) in [6.45, 7) is 0.719. The average molecular weight is 369 g/mol.